The molecule has 1 unspecified atom stereocenters. The van der Waals surface area contributed by atoms with Gasteiger partial charge in [-0.15, -0.1) is 0 Å². The van der Waals surface area contributed by atoms with Crippen molar-refractivity contribution in [3.63, 3.8) is 0 Å². The zero-order valence-electron chi connectivity index (χ0n) is 10.8. The Morgan fingerprint density at radius 1 is 1.50 bits per heavy atom. The van der Waals surface area contributed by atoms with Crippen molar-refractivity contribution in [3.8, 4) is 11.5 Å². The minimum absolute atomic E-state index is 0.0485. The largest absolute Gasteiger partial charge is 0.507 e. The summed E-state index contributed by atoms with van der Waals surface area (Å²) in [4.78, 5) is 12.0. The first-order valence-electron chi connectivity index (χ1n) is 6.29. The second kappa shape index (κ2) is 5.29. The highest BCUT2D eigenvalue weighted by molar-refractivity contribution is 5.97. The van der Waals surface area contributed by atoms with Gasteiger partial charge in [0.15, 0.2) is 0 Å². The van der Waals surface area contributed by atoms with Crippen molar-refractivity contribution in [2.45, 2.75) is 32.2 Å². The summed E-state index contributed by atoms with van der Waals surface area (Å²) in [6.45, 7) is 2.02. The van der Waals surface area contributed by atoms with Crippen LogP contribution in [0, 0.1) is 5.92 Å². The number of ether oxygens (including phenoxy) is 1. The van der Waals surface area contributed by atoms with Crippen LogP contribution in [0.25, 0.3) is 0 Å². The smallest absolute Gasteiger partial charge is 0.255 e. The second-order valence-electron chi connectivity index (χ2n) is 4.84. The lowest BCUT2D eigenvalue weighted by Gasteiger charge is -2.31. The fourth-order valence-corrected chi connectivity index (χ4v) is 2.17. The molecule has 18 heavy (non-hydrogen) atoms. The Morgan fingerprint density at radius 2 is 2.22 bits per heavy atom. The molecule has 1 aliphatic rings. The molecule has 1 aromatic carbocycles. The van der Waals surface area contributed by atoms with Crippen molar-refractivity contribution in [1.82, 2.24) is 5.32 Å². The molecule has 0 aliphatic heterocycles. The van der Waals surface area contributed by atoms with Gasteiger partial charge in [0.1, 0.15) is 11.5 Å². The summed E-state index contributed by atoms with van der Waals surface area (Å²) in [5.41, 5.74) is 0.293. The molecule has 1 amide bonds. The number of hydrogen-bond acceptors (Lipinski definition) is 3. The molecule has 98 valence electrons. The monoisotopic (exact) mass is 249 g/mol. The molecule has 1 aliphatic carbocycles. The maximum absolute atomic E-state index is 12.0. The number of amides is 1. The number of nitrogens with one attached hydrogen (secondary N) is 1. The molecule has 4 heteroatoms. The molecule has 0 radical (unpaired) electrons. The Labute approximate surface area is 107 Å². The quantitative estimate of drug-likeness (QED) is 0.861. The minimum Gasteiger partial charge on any atom is -0.507 e. The number of phenols is 1. The molecule has 1 fully saturated rings. The second-order valence-corrected chi connectivity index (χ2v) is 4.84. The van der Waals surface area contributed by atoms with E-state index in [4.69, 9.17) is 4.74 Å². The molecule has 0 aromatic heterocycles. The van der Waals surface area contributed by atoms with E-state index in [9.17, 15) is 9.90 Å². The number of methoxy groups -OCH3 is 1. The van der Waals surface area contributed by atoms with Crippen LogP contribution in [0.4, 0.5) is 0 Å². The van der Waals surface area contributed by atoms with Crippen LogP contribution >= 0.6 is 0 Å². The fourth-order valence-electron chi connectivity index (χ4n) is 2.17. The maximum atomic E-state index is 12.0. The average molecular weight is 249 g/mol. The van der Waals surface area contributed by atoms with Gasteiger partial charge in [-0.05, 0) is 37.8 Å². The normalized spacial score (nSPS) is 16.8. The topological polar surface area (TPSA) is 58.6 Å². The number of rotatable bonds is 4. The zero-order chi connectivity index (χ0) is 13.1. The Balaban J connectivity index is 2.03. The zero-order valence-corrected chi connectivity index (χ0v) is 10.8. The highest BCUT2D eigenvalue weighted by Crippen LogP contribution is 2.30. The Morgan fingerprint density at radius 3 is 2.72 bits per heavy atom. The molecule has 0 heterocycles. The van der Waals surface area contributed by atoms with Crippen LogP contribution in [0.2, 0.25) is 0 Å². The first-order chi connectivity index (χ1) is 8.61. The first kappa shape index (κ1) is 12.7. The number of benzene rings is 1. The third-order valence-corrected chi connectivity index (χ3v) is 3.67. The third kappa shape index (κ3) is 2.58. The molecule has 1 saturated carbocycles. The summed E-state index contributed by atoms with van der Waals surface area (Å²) in [7, 11) is 1.52. The van der Waals surface area contributed by atoms with Gasteiger partial charge in [-0.1, -0.05) is 6.42 Å². The summed E-state index contributed by atoms with van der Waals surface area (Å²) in [6, 6.07) is 4.86. The fraction of sp³-hybridized carbons (Fsp3) is 0.500. The summed E-state index contributed by atoms with van der Waals surface area (Å²) < 4.78 is 4.98. The summed E-state index contributed by atoms with van der Waals surface area (Å²) in [5.74, 6) is 0.840. The van der Waals surface area contributed by atoms with E-state index in [0.29, 0.717) is 17.2 Å². The van der Waals surface area contributed by atoms with Gasteiger partial charge in [-0.25, -0.2) is 0 Å². The van der Waals surface area contributed by atoms with Crippen molar-refractivity contribution in [3.05, 3.63) is 23.8 Å². The average Bonchev–Trinajstić information content (AvgIpc) is 2.25. The minimum atomic E-state index is -0.227. The molecule has 0 bridgehead atoms. The van der Waals surface area contributed by atoms with E-state index < -0.39 is 0 Å². The molecule has 0 saturated heterocycles. The SMILES string of the molecule is COc1ccc(C(=O)NC(C)C2CCC2)c(O)c1. The van der Waals surface area contributed by atoms with Crippen molar-refractivity contribution in [2.24, 2.45) is 5.92 Å². The van der Waals surface area contributed by atoms with Crippen molar-refractivity contribution in [2.75, 3.05) is 7.11 Å². The van der Waals surface area contributed by atoms with Crippen molar-refractivity contribution >= 4 is 5.91 Å². The van der Waals surface area contributed by atoms with Crippen LogP contribution < -0.4 is 10.1 Å². The maximum Gasteiger partial charge on any atom is 0.255 e. The molecule has 4 nitrogen and oxygen atoms in total. The standard InChI is InChI=1S/C14H19NO3/c1-9(10-4-3-5-10)15-14(17)12-7-6-11(18-2)8-13(12)16/h6-10,16H,3-5H2,1-2H3,(H,15,17). The Kier molecular flexibility index (Phi) is 3.75. The van der Waals surface area contributed by atoms with Gasteiger partial charge >= 0.3 is 0 Å². The highest BCUT2D eigenvalue weighted by atomic mass is 16.5. The molecule has 1 aromatic rings. The number of hydrogen-bond donors (Lipinski definition) is 2. The van der Waals surface area contributed by atoms with Crippen molar-refractivity contribution in [1.29, 1.82) is 0 Å². The highest BCUT2D eigenvalue weighted by Gasteiger charge is 2.25. The lowest BCUT2D eigenvalue weighted by atomic mass is 9.80. The van der Waals surface area contributed by atoms with Gasteiger partial charge in [0.05, 0.1) is 12.7 Å². The van der Waals surface area contributed by atoms with Crippen LogP contribution in [-0.4, -0.2) is 24.2 Å². The van der Waals surface area contributed by atoms with E-state index in [1.807, 2.05) is 6.92 Å². The lowest BCUT2D eigenvalue weighted by Crippen LogP contribution is -2.40. The van der Waals surface area contributed by atoms with Crippen LogP contribution in [0.3, 0.4) is 0 Å². The molecule has 1 atom stereocenters. The van der Waals surface area contributed by atoms with E-state index in [2.05, 4.69) is 5.32 Å². The van der Waals surface area contributed by atoms with E-state index in [1.165, 1.54) is 32.4 Å². The number of aromatic hydroxyl groups is 1. The van der Waals surface area contributed by atoms with E-state index >= 15 is 0 Å². The molecular formula is C14H19NO3. The molecule has 2 N–H and O–H groups in total. The number of carbonyl (C=O) groups is 1. The van der Waals surface area contributed by atoms with Gasteiger partial charge in [0, 0.05) is 12.1 Å². The molecular weight excluding hydrogens is 230 g/mol. The van der Waals surface area contributed by atoms with Crippen molar-refractivity contribution < 1.29 is 14.6 Å². The summed E-state index contributed by atoms with van der Waals surface area (Å²) >= 11 is 0. The predicted molar refractivity (Wildman–Crippen MR) is 68.9 cm³/mol. The molecule has 2 rings (SSSR count). The Hall–Kier alpha value is -1.71. The van der Waals surface area contributed by atoms with E-state index in [-0.39, 0.29) is 17.7 Å². The summed E-state index contributed by atoms with van der Waals surface area (Å²) in [6.07, 6.45) is 3.60. The Bertz CT molecular complexity index is 441. The predicted octanol–water partition coefficient (Wildman–Crippen LogP) is 2.32. The van der Waals surface area contributed by atoms with Gasteiger partial charge in [-0.3, -0.25) is 4.79 Å². The number of phenolic OH excluding ortho intramolecular Hbond substituents is 1. The first-order valence-corrected chi connectivity index (χ1v) is 6.29. The van der Waals surface area contributed by atoms with Gasteiger partial charge in [0.25, 0.3) is 5.91 Å². The van der Waals surface area contributed by atoms with Crippen LogP contribution in [0.5, 0.6) is 11.5 Å². The number of carbonyl (C=O) groups excluding carboxylic acids is 1. The van der Waals surface area contributed by atoms with Crippen LogP contribution in [0.15, 0.2) is 18.2 Å². The van der Waals surface area contributed by atoms with E-state index in [0.717, 1.165) is 0 Å². The third-order valence-electron chi connectivity index (χ3n) is 3.67. The van der Waals surface area contributed by atoms with Gasteiger partial charge in [-0.2, -0.15) is 0 Å². The lowest BCUT2D eigenvalue weighted by molar-refractivity contribution is 0.0906. The van der Waals surface area contributed by atoms with E-state index in [1.54, 1.807) is 12.1 Å². The summed E-state index contributed by atoms with van der Waals surface area (Å²) in [5, 5.41) is 12.7. The van der Waals surface area contributed by atoms with Gasteiger partial charge in [0.2, 0.25) is 0 Å². The molecule has 0 spiro atoms. The van der Waals surface area contributed by atoms with Crippen LogP contribution in [-0.2, 0) is 0 Å². The van der Waals surface area contributed by atoms with Gasteiger partial charge < -0.3 is 15.2 Å². The van der Waals surface area contributed by atoms with Crippen LogP contribution in [0.1, 0.15) is 36.5 Å².